The number of aromatic nitrogens is 2. The van der Waals surface area contributed by atoms with Crippen molar-refractivity contribution in [2.24, 2.45) is 5.73 Å². The third kappa shape index (κ3) is 4.14. The SMILES string of the molecule is C=CCCC(Nc1ccc(C(N)=O)nn1)c1ccccc1. The maximum Gasteiger partial charge on any atom is 0.269 e. The van der Waals surface area contributed by atoms with Crippen molar-refractivity contribution in [1.29, 1.82) is 0 Å². The van der Waals surface area contributed by atoms with Crippen molar-refractivity contribution in [2.75, 3.05) is 5.32 Å². The Morgan fingerprint density at radius 1 is 1.24 bits per heavy atom. The first kappa shape index (κ1) is 14.7. The molecule has 0 radical (unpaired) electrons. The molecule has 2 rings (SSSR count). The van der Waals surface area contributed by atoms with E-state index in [9.17, 15) is 4.79 Å². The van der Waals surface area contributed by atoms with E-state index in [1.807, 2.05) is 24.3 Å². The van der Waals surface area contributed by atoms with Crippen molar-refractivity contribution < 1.29 is 4.79 Å². The van der Waals surface area contributed by atoms with Crippen LogP contribution in [0.2, 0.25) is 0 Å². The molecule has 1 unspecified atom stereocenters. The van der Waals surface area contributed by atoms with E-state index in [0.29, 0.717) is 5.82 Å². The summed E-state index contributed by atoms with van der Waals surface area (Å²) in [6.07, 6.45) is 3.67. The number of primary amides is 1. The molecule has 0 aliphatic heterocycles. The lowest BCUT2D eigenvalue weighted by molar-refractivity contribution is 0.0994. The van der Waals surface area contributed by atoms with Crippen molar-refractivity contribution >= 4 is 11.7 Å². The van der Waals surface area contributed by atoms with Gasteiger partial charge in [-0.3, -0.25) is 4.79 Å². The van der Waals surface area contributed by atoms with Crippen LogP contribution in [0.3, 0.4) is 0 Å². The Bertz CT molecular complexity index is 595. The van der Waals surface area contributed by atoms with Crippen molar-refractivity contribution in [2.45, 2.75) is 18.9 Å². The molecule has 0 bridgehead atoms. The van der Waals surface area contributed by atoms with Crippen LogP contribution in [0.5, 0.6) is 0 Å². The molecule has 1 aromatic carbocycles. The average Bonchev–Trinajstić information content (AvgIpc) is 2.52. The predicted molar refractivity (Wildman–Crippen MR) is 82.8 cm³/mol. The van der Waals surface area contributed by atoms with E-state index >= 15 is 0 Å². The number of nitrogens with one attached hydrogen (secondary N) is 1. The summed E-state index contributed by atoms with van der Waals surface area (Å²) >= 11 is 0. The molecule has 1 amide bonds. The number of nitrogens with zero attached hydrogens (tertiary/aromatic N) is 2. The number of carbonyl (C=O) groups excluding carboxylic acids is 1. The Balaban J connectivity index is 2.14. The van der Waals surface area contributed by atoms with Crippen LogP contribution < -0.4 is 11.1 Å². The fourth-order valence-electron chi connectivity index (χ4n) is 2.01. The van der Waals surface area contributed by atoms with Crippen LogP contribution >= 0.6 is 0 Å². The zero-order chi connectivity index (χ0) is 15.1. The normalized spacial score (nSPS) is 11.6. The molecule has 0 saturated heterocycles. The third-order valence-electron chi connectivity index (χ3n) is 3.10. The zero-order valence-corrected chi connectivity index (χ0v) is 11.7. The largest absolute Gasteiger partial charge is 0.364 e. The van der Waals surface area contributed by atoms with E-state index in [1.54, 1.807) is 12.1 Å². The van der Waals surface area contributed by atoms with Crippen molar-refractivity contribution in [3.8, 4) is 0 Å². The first-order chi connectivity index (χ1) is 10.2. The van der Waals surface area contributed by atoms with Crippen molar-refractivity contribution in [3.63, 3.8) is 0 Å². The highest BCUT2D eigenvalue weighted by atomic mass is 16.1. The number of amides is 1. The second-order valence-corrected chi connectivity index (χ2v) is 4.64. The molecule has 3 N–H and O–H groups in total. The monoisotopic (exact) mass is 282 g/mol. The number of hydrogen-bond donors (Lipinski definition) is 2. The maximum absolute atomic E-state index is 11.0. The first-order valence-corrected chi connectivity index (χ1v) is 6.76. The Hall–Kier alpha value is -2.69. The van der Waals surface area contributed by atoms with E-state index in [-0.39, 0.29) is 11.7 Å². The molecule has 0 saturated carbocycles. The Morgan fingerprint density at radius 2 is 2.00 bits per heavy atom. The summed E-state index contributed by atoms with van der Waals surface area (Å²) in [4.78, 5) is 11.0. The fourth-order valence-corrected chi connectivity index (χ4v) is 2.01. The molecule has 0 spiro atoms. The van der Waals surface area contributed by atoms with Crippen LogP contribution in [0.4, 0.5) is 5.82 Å². The van der Waals surface area contributed by atoms with Crippen LogP contribution in [0.1, 0.15) is 34.9 Å². The molecule has 0 fully saturated rings. The van der Waals surface area contributed by atoms with Gasteiger partial charge in [0, 0.05) is 0 Å². The lowest BCUT2D eigenvalue weighted by Crippen LogP contribution is -2.16. The second kappa shape index (κ2) is 7.19. The van der Waals surface area contributed by atoms with Gasteiger partial charge in [-0.1, -0.05) is 36.4 Å². The predicted octanol–water partition coefficient (Wildman–Crippen LogP) is 2.69. The lowest BCUT2D eigenvalue weighted by Gasteiger charge is -2.19. The number of benzene rings is 1. The number of rotatable bonds is 7. The molecule has 2 aromatic rings. The highest BCUT2D eigenvalue weighted by Gasteiger charge is 2.11. The third-order valence-corrected chi connectivity index (χ3v) is 3.10. The minimum atomic E-state index is -0.583. The number of hydrogen-bond acceptors (Lipinski definition) is 4. The van der Waals surface area contributed by atoms with E-state index in [0.717, 1.165) is 12.8 Å². The smallest absolute Gasteiger partial charge is 0.269 e. The molecular weight excluding hydrogens is 264 g/mol. The van der Waals surface area contributed by atoms with Crippen LogP contribution in [0, 0.1) is 0 Å². The summed E-state index contributed by atoms with van der Waals surface area (Å²) in [7, 11) is 0. The molecule has 1 atom stereocenters. The first-order valence-electron chi connectivity index (χ1n) is 6.76. The van der Waals surface area contributed by atoms with Crippen LogP contribution in [-0.4, -0.2) is 16.1 Å². The summed E-state index contributed by atoms with van der Waals surface area (Å²) < 4.78 is 0. The molecule has 0 aliphatic carbocycles. The molecule has 5 heteroatoms. The number of carbonyl (C=O) groups is 1. The van der Waals surface area contributed by atoms with Gasteiger partial charge < -0.3 is 11.1 Å². The standard InChI is InChI=1S/C16H18N4O/c1-2-3-9-13(12-7-5-4-6-8-12)18-15-11-10-14(16(17)21)19-20-15/h2,4-8,10-11,13H,1,3,9H2,(H2,17,21)(H,18,20). The number of nitrogens with two attached hydrogens (primary N) is 1. The van der Waals surface area contributed by atoms with Crippen LogP contribution in [0.15, 0.2) is 55.1 Å². The van der Waals surface area contributed by atoms with E-state index < -0.39 is 5.91 Å². The number of allylic oxidation sites excluding steroid dienone is 1. The van der Waals surface area contributed by atoms with Gasteiger partial charge in [0.15, 0.2) is 5.69 Å². The van der Waals surface area contributed by atoms with Gasteiger partial charge in [0.25, 0.3) is 5.91 Å². The Labute approximate surface area is 123 Å². The number of anilines is 1. The van der Waals surface area contributed by atoms with E-state index in [4.69, 9.17) is 5.73 Å². The minimum Gasteiger partial charge on any atom is -0.364 e. The van der Waals surface area contributed by atoms with E-state index in [1.165, 1.54) is 5.56 Å². The Morgan fingerprint density at radius 3 is 2.57 bits per heavy atom. The molecule has 1 heterocycles. The fraction of sp³-hybridized carbons (Fsp3) is 0.188. The van der Waals surface area contributed by atoms with Gasteiger partial charge in [0.05, 0.1) is 6.04 Å². The average molecular weight is 282 g/mol. The van der Waals surface area contributed by atoms with Gasteiger partial charge in [-0.15, -0.1) is 16.8 Å². The van der Waals surface area contributed by atoms with Crippen LogP contribution in [-0.2, 0) is 0 Å². The minimum absolute atomic E-state index is 0.109. The molecule has 5 nitrogen and oxygen atoms in total. The van der Waals surface area contributed by atoms with Crippen LogP contribution in [0.25, 0.3) is 0 Å². The quantitative estimate of drug-likeness (QED) is 0.765. The van der Waals surface area contributed by atoms with Gasteiger partial charge in [-0.05, 0) is 30.5 Å². The maximum atomic E-state index is 11.0. The molecular formula is C16H18N4O. The van der Waals surface area contributed by atoms with Crippen molar-refractivity contribution in [3.05, 3.63) is 66.4 Å². The van der Waals surface area contributed by atoms with Gasteiger partial charge in [-0.25, -0.2) is 0 Å². The summed E-state index contributed by atoms with van der Waals surface area (Å²) in [5.41, 5.74) is 6.47. The van der Waals surface area contributed by atoms with Gasteiger partial charge in [-0.2, -0.15) is 0 Å². The molecule has 0 aliphatic rings. The summed E-state index contributed by atoms with van der Waals surface area (Å²) in [5.74, 6) is 0.0261. The van der Waals surface area contributed by atoms with Gasteiger partial charge >= 0.3 is 0 Å². The summed E-state index contributed by atoms with van der Waals surface area (Å²) in [5, 5.41) is 11.1. The Kier molecular flexibility index (Phi) is 5.04. The second-order valence-electron chi connectivity index (χ2n) is 4.64. The van der Waals surface area contributed by atoms with Gasteiger partial charge in [0.2, 0.25) is 0 Å². The molecule has 21 heavy (non-hydrogen) atoms. The van der Waals surface area contributed by atoms with E-state index in [2.05, 4.69) is 34.2 Å². The lowest BCUT2D eigenvalue weighted by atomic mass is 10.0. The zero-order valence-electron chi connectivity index (χ0n) is 11.7. The van der Waals surface area contributed by atoms with Crippen molar-refractivity contribution in [1.82, 2.24) is 10.2 Å². The summed E-state index contributed by atoms with van der Waals surface area (Å²) in [6, 6.07) is 13.5. The molecule has 108 valence electrons. The highest BCUT2D eigenvalue weighted by Crippen LogP contribution is 2.22. The highest BCUT2D eigenvalue weighted by molar-refractivity contribution is 5.90. The van der Waals surface area contributed by atoms with Gasteiger partial charge in [0.1, 0.15) is 5.82 Å². The molecule has 1 aromatic heterocycles. The summed E-state index contributed by atoms with van der Waals surface area (Å²) in [6.45, 7) is 3.76. The topological polar surface area (TPSA) is 80.9 Å².